The van der Waals surface area contributed by atoms with Crippen LogP contribution in [0.2, 0.25) is 0 Å². The smallest absolute Gasteiger partial charge is 0.311 e. The van der Waals surface area contributed by atoms with Crippen molar-refractivity contribution in [3.05, 3.63) is 28.2 Å². The molecule has 108 valence electrons. The molecule has 1 aliphatic rings. The van der Waals surface area contributed by atoms with Crippen molar-refractivity contribution in [2.24, 2.45) is 11.1 Å². The Labute approximate surface area is 125 Å². The van der Waals surface area contributed by atoms with Gasteiger partial charge >= 0.3 is 5.97 Å². The second kappa shape index (κ2) is 5.44. The lowest BCUT2D eigenvalue weighted by Crippen LogP contribution is -2.40. The van der Waals surface area contributed by atoms with Gasteiger partial charge in [-0.1, -0.05) is 6.42 Å². The number of carboxylic acids is 1. The summed E-state index contributed by atoms with van der Waals surface area (Å²) >= 11 is 3.38. The van der Waals surface area contributed by atoms with Crippen molar-refractivity contribution in [3.8, 4) is 0 Å². The van der Waals surface area contributed by atoms with Crippen LogP contribution in [0.25, 0.3) is 0 Å². The van der Waals surface area contributed by atoms with Crippen molar-refractivity contribution in [3.63, 3.8) is 0 Å². The van der Waals surface area contributed by atoms with Crippen LogP contribution in [0.15, 0.2) is 22.7 Å². The fourth-order valence-corrected chi connectivity index (χ4v) is 3.12. The van der Waals surface area contributed by atoms with Crippen LogP contribution in [0.5, 0.6) is 0 Å². The normalized spacial score (nSPS) is 25.4. The van der Waals surface area contributed by atoms with E-state index in [9.17, 15) is 14.7 Å². The molecule has 0 spiro atoms. The van der Waals surface area contributed by atoms with Gasteiger partial charge in [0.15, 0.2) is 0 Å². The van der Waals surface area contributed by atoms with E-state index < -0.39 is 17.3 Å². The summed E-state index contributed by atoms with van der Waals surface area (Å²) in [5, 5.41) is 12.7. The number of carbonyl (C=O) groups is 2. The van der Waals surface area contributed by atoms with E-state index in [1.54, 1.807) is 25.1 Å². The SMILES string of the molecule is CC1(C(=O)O)CCCC1Nc1ccc(C(N)=O)cc1Br. The Balaban J connectivity index is 2.22. The van der Waals surface area contributed by atoms with Gasteiger partial charge in [0.25, 0.3) is 0 Å². The van der Waals surface area contributed by atoms with Crippen molar-refractivity contribution in [1.82, 2.24) is 0 Å². The average Bonchev–Trinajstić information content (AvgIpc) is 2.74. The molecule has 0 saturated heterocycles. The molecule has 0 bridgehead atoms. The number of halogens is 1. The van der Waals surface area contributed by atoms with Crippen LogP contribution in [-0.2, 0) is 4.79 Å². The maximum Gasteiger partial charge on any atom is 0.311 e. The van der Waals surface area contributed by atoms with E-state index in [0.29, 0.717) is 16.5 Å². The molecule has 2 unspecified atom stereocenters. The Kier molecular flexibility index (Phi) is 4.04. The summed E-state index contributed by atoms with van der Waals surface area (Å²) in [6.07, 6.45) is 2.36. The van der Waals surface area contributed by atoms with Crippen LogP contribution >= 0.6 is 15.9 Å². The molecule has 0 radical (unpaired) electrons. The molecule has 0 aromatic heterocycles. The zero-order chi connectivity index (χ0) is 14.9. The number of carbonyl (C=O) groups excluding carboxylic acids is 1. The number of hydrogen-bond acceptors (Lipinski definition) is 3. The van der Waals surface area contributed by atoms with Gasteiger partial charge in [0.2, 0.25) is 5.91 Å². The summed E-state index contributed by atoms with van der Waals surface area (Å²) in [6.45, 7) is 1.77. The number of primary amides is 1. The molecule has 1 amide bonds. The molecule has 1 aromatic rings. The second-order valence-corrected chi connectivity index (χ2v) is 6.22. The third-order valence-electron chi connectivity index (χ3n) is 4.03. The minimum absolute atomic E-state index is 0.129. The van der Waals surface area contributed by atoms with Crippen LogP contribution in [0, 0.1) is 5.41 Å². The molecule has 2 rings (SSSR count). The maximum absolute atomic E-state index is 11.4. The van der Waals surface area contributed by atoms with Gasteiger partial charge in [-0.25, -0.2) is 0 Å². The lowest BCUT2D eigenvalue weighted by atomic mass is 9.85. The highest BCUT2D eigenvalue weighted by Crippen LogP contribution is 2.40. The average molecular weight is 341 g/mol. The summed E-state index contributed by atoms with van der Waals surface area (Å²) in [5.74, 6) is -1.27. The van der Waals surface area contributed by atoms with Crippen molar-refractivity contribution in [2.75, 3.05) is 5.32 Å². The fraction of sp³-hybridized carbons (Fsp3) is 0.429. The minimum Gasteiger partial charge on any atom is -0.481 e. The van der Waals surface area contributed by atoms with Crippen LogP contribution < -0.4 is 11.1 Å². The first-order chi connectivity index (χ1) is 9.34. The Morgan fingerprint density at radius 2 is 2.20 bits per heavy atom. The van der Waals surface area contributed by atoms with E-state index >= 15 is 0 Å². The number of nitrogens with two attached hydrogens (primary N) is 1. The summed E-state index contributed by atoms with van der Waals surface area (Å²) in [6, 6.07) is 4.88. The predicted octanol–water partition coefficient (Wildman–Crippen LogP) is 2.60. The number of amides is 1. The van der Waals surface area contributed by atoms with E-state index in [-0.39, 0.29) is 6.04 Å². The second-order valence-electron chi connectivity index (χ2n) is 5.37. The third kappa shape index (κ3) is 2.65. The summed E-state index contributed by atoms with van der Waals surface area (Å²) in [4.78, 5) is 22.5. The number of nitrogens with one attached hydrogen (secondary N) is 1. The lowest BCUT2D eigenvalue weighted by molar-refractivity contribution is -0.147. The number of aliphatic carboxylic acids is 1. The number of rotatable bonds is 4. The lowest BCUT2D eigenvalue weighted by Gasteiger charge is -2.29. The standard InChI is InChI=1S/C14H17BrN2O3/c1-14(13(19)20)6-2-3-11(14)17-10-5-4-8(12(16)18)7-9(10)15/h4-5,7,11,17H,2-3,6H2,1H3,(H2,16,18)(H,19,20). The van der Waals surface area contributed by atoms with Gasteiger partial charge in [0.1, 0.15) is 0 Å². The molecule has 1 aliphatic carbocycles. The fourth-order valence-electron chi connectivity index (χ4n) is 2.63. The first kappa shape index (κ1) is 14.8. The maximum atomic E-state index is 11.4. The quantitative estimate of drug-likeness (QED) is 0.785. The van der Waals surface area contributed by atoms with Crippen LogP contribution in [0.1, 0.15) is 36.5 Å². The first-order valence-electron chi connectivity index (χ1n) is 6.44. The number of benzene rings is 1. The Morgan fingerprint density at radius 3 is 2.75 bits per heavy atom. The van der Waals surface area contributed by atoms with E-state index in [1.165, 1.54) is 0 Å². The Hall–Kier alpha value is -1.56. The molecule has 1 aromatic carbocycles. The van der Waals surface area contributed by atoms with Crippen molar-refractivity contribution in [1.29, 1.82) is 0 Å². The Morgan fingerprint density at radius 1 is 1.50 bits per heavy atom. The monoisotopic (exact) mass is 340 g/mol. The molecule has 20 heavy (non-hydrogen) atoms. The molecule has 5 nitrogen and oxygen atoms in total. The van der Waals surface area contributed by atoms with Gasteiger partial charge in [0, 0.05) is 21.8 Å². The molecule has 6 heteroatoms. The number of anilines is 1. The molecule has 1 fully saturated rings. The highest BCUT2D eigenvalue weighted by atomic mass is 79.9. The van der Waals surface area contributed by atoms with Crippen LogP contribution in [-0.4, -0.2) is 23.0 Å². The molecule has 1 saturated carbocycles. The predicted molar refractivity (Wildman–Crippen MR) is 79.7 cm³/mol. The van der Waals surface area contributed by atoms with E-state index in [1.807, 2.05) is 0 Å². The molecular weight excluding hydrogens is 324 g/mol. The largest absolute Gasteiger partial charge is 0.481 e. The Bertz CT molecular complexity index is 561. The minimum atomic E-state index is -0.780. The highest BCUT2D eigenvalue weighted by molar-refractivity contribution is 9.10. The van der Waals surface area contributed by atoms with E-state index in [4.69, 9.17) is 5.73 Å². The molecular formula is C14H17BrN2O3. The van der Waals surface area contributed by atoms with Gasteiger partial charge in [0.05, 0.1) is 5.41 Å². The molecule has 4 N–H and O–H groups in total. The van der Waals surface area contributed by atoms with Gasteiger partial charge in [-0.15, -0.1) is 0 Å². The first-order valence-corrected chi connectivity index (χ1v) is 7.23. The van der Waals surface area contributed by atoms with Crippen molar-refractivity contribution < 1.29 is 14.7 Å². The topological polar surface area (TPSA) is 92.4 Å². The number of carboxylic acid groups (broad SMARTS) is 1. The van der Waals surface area contributed by atoms with E-state index in [0.717, 1.165) is 18.5 Å². The summed E-state index contributed by atoms with van der Waals surface area (Å²) in [7, 11) is 0. The van der Waals surface area contributed by atoms with Crippen molar-refractivity contribution >= 4 is 33.5 Å². The van der Waals surface area contributed by atoms with Gasteiger partial charge in [-0.2, -0.15) is 0 Å². The zero-order valence-corrected chi connectivity index (χ0v) is 12.7. The van der Waals surface area contributed by atoms with Gasteiger partial charge < -0.3 is 16.2 Å². The van der Waals surface area contributed by atoms with Gasteiger partial charge in [-0.05, 0) is 53.9 Å². The van der Waals surface area contributed by atoms with Crippen LogP contribution in [0.3, 0.4) is 0 Å². The highest BCUT2D eigenvalue weighted by Gasteiger charge is 2.45. The summed E-state index contributed by atoms with van der Waals surface area (Å²) < 4.78 is 0.702. The number of hydrogen-bond donors (Lipinski definition) is 3. The zero-order valence-electron chi connectivity index (χ0n) is 11.1. The van der Waals surface area contributed by atoms with Crippen molar-refractivity contribution in [2.45, 2.75) is 32.2 Å². The molecule has 0 heterocycles. The summed E-state index contributed by atoms with van der Waals surface area (Å²) in [5.41, 5.74) is 5.64. The van der Waals surface area contributed by atoms with E-state index in [2.05, 4.69) is 21.2 Å². The molecule has 0 aliphatic heterocycles. The third-order valence-corrected chi connectivity index (χ3v) is 4.69. The van der Waals surface area contributed by atoms with Gasteiger partial charge in [-0.3, -0.25) is 9.59 Å². The van der Waals surface area contributed by atoms with Crippen LogP contribution in [0.4, 0.5) is 5.69 Å². The molecule has 2 atom stereocenters.